The molecule has 30 heavy (non-hydrogen) atoms. The molecule has 160 valence electrons. The number of hydrogen-bond donors (Lipinski definition) is 0. The smallest absolute Gasteiger partial charge is 0.342 e. The molecule has 2 atom stereocenters. The second-order valence-electron chi connectivity index (χ2n) is 7.14. The molecule has 7 nitrogen and oxygen atoms in total. The highest BCUT2D eigenvalue weighted by atomic mass is 16.5. The third kappa shape index (κ3) is 6.22. The Balaban J connectivity index is 1.49. The van der Waals surface area contributed by atoms with Crippen LogP contribution in [-0.4, -0.2) is 61.9 Å². The van der Waals surface area contributed by atoms with Gasteiger partial charge in [0.15, 0.2) is 6.61 Å². The van der Waals surface area contributed by atoms with Crippen LogP contribution in [0.4, 0.5) is 0 Å². The topological polar surface area (TPSA) is 74.3 Å². The van der Waals surface area contributed by atoms with Crippen LogP contribution in [0.25, 0.3) is 0 Å². The summed E-state index contributed by atoms with van der Waals surface area (Å²) in [6.07, 6.45) is -0.0822. The van der Waals surface area contributed by atoms with E-state index in [1.54, 1.807) is 29.2 Å². The maximum absolute atomic E-state index is 12.5. The molecule has 0 aromatic heterocycles. The Morgan fingerprint density at radius 1 is 0.933 bits per heavy atom. The van der Waals surface area contributed by atoms with Crippen molar-refractivity contribution in [3.05, 3.63) is 60.2 Å². The molecule has 1 heterocycles. The molecular formula is C23H27NO6. The first kappa shape index (κ1) is 21.6. The van der Waals surface area contributed by atoms with Crippen LogP contribution >= 0.6 is 0 Å². The van der Waals surface area contributed by atoms with Gasteiger partial charge >= 0.3 is 5.97 Å². The Bertz CT molecular complexity index is 831. The van der Waals surface area contributed by atoms with Gasteiger partial charge < -0.3 is 23.8 Å². The molecule has 0 saturated carbocycles. The van der Waals surface area contributed by atoms with Gasteiger partial charge in [0, 0.05) is 13.1 Å². The average Bonchev–Trinajstić information content (AvgIpc) is 2.75. The fourth-order valence-electron chi connectivity index (χ4n) is 3.27. The molecule has 1 amide bonds. The van der Waals surface area contributed by atoms with Crippen LogP contribution in [0.3, 0.4) is 0 Å². The summed E-state index contributed by atoms with van der Waals surface area (Å²) in [4.78, 5) is 26.6. The minimum Gasteiger partial charge on any atom is -0.490 e. The lowest BCUT2D eigenvalue weighted by molar-refractivity contribution is -0.146. The normalized spacial score (nSPS) is 18.5. The largest absolute Gasteiger partial charge is 0.490 e. The fraction of sp³-hybridized carbons (Fsp3) is 0.391. The molecule has 1 aliphatic heterocycles. The van der Waals surface area contributed by atoms with E-state index in [1.165, 1.54) is 0 Å². The first-order chi connectivity index (χ1) is 14.5. The summed E-state index contributed by atoms with van der Waals surface area (Å²) in [5.74, 6) is 0.302. The van der Waals surface area contributed by atoms with Gasteiger partial charge in [-0.1, -0.05) is 30.3 Å². The summed E-state index contributed by atoms with van der Waals surface area (Å²) in [6.45, 7) is 5.09. The van der Waals surface area contributed by atoms with E-state index in [-0.39, 0.29) is 36.9 Å². The maximum Gasteiger partial charge on any atom is 0.342 e. The van der Waals surface area contributed by atoms with Crippen LogP contribution in [0.2, 0.25) is 0 Å². The van der Waals surface area contributed by atoms with E-state index in [9.17, 15) is 9.59 Å². The second-order valence-corrected chi connectivity index (χ2v) is 7.14. The molecule has 1 fully saturated rings. The molecule has 2 aromatic rings. The van der Waals surface area contributed by atoms with Crippen molar-refractivity contribution >= 4 is 11.9 Å². The van der Waals surface area contributed by atoms with E-state index >= 15 is 0 Å². The zero-order valence-electron chi connectivity index (χ0n) is 17.3. The lowest BCUT2D eigenvalue weighted by Gasteiger charge is -2.35. The Kier molecular flexibility index (Phi) is 7.68. The number of carbonyl (C=O) groups is 2. The van der Waals surface area contributed by atoms with E-state index in [0.717, 1.165) is 5.75 Å². The van der Waals surface area contributed by atoms with Gasteiger partial charge in [-0.05, 0) is 38.1 Å². The standard InChI is InChI=1S/C23H27NO6/c1-17-14-24(15-18(2)30-17)22(25)16-29-23(26)20-10-6-7-11-21(20)28-13-12-27-19-8-4-3-5-9-19/h3-11,17-18H,12-16H2,1-2H3/t17-,18+. The monoisotopic (exact) mass is 413 g/mol. The van der Waals surface area contributed by atoms with Crippen LogP contribution in [0.5, 0.6) is 11.5 Å². The Labute approximate surface area is 176 Å². The number of nitrogens with zero attached hydrogens (tertiary/aromatic N) is 1. The summed E-state index contributed by atoms with van der Waals surface area (Å²) < 4.78 is 22.2. The minimum atomic E-state index is -0.600. The molecule has 0 radical (unpaired) electrons. The number of benzene rings is 2. The van der Waals surface area contributed by atoms with Crippen LogP contribution in [0.15, 0.2) is 54.6 Å². The van der Waals surface area contributed by atoms with Gasteiger partial charge in [-0.3, -0.25) is 4.79 Å². The quantitative estimate of drug-likeness (QED) is 0.489. The van der Waals surface area contributed by atoms with Crippen molar-refractivity contribution in [1.29, 1.82) is 0 Å². The highest BCUT2D eigenvalue weighted by Gasteiger charge is 2.26. The van der Waals surface area contributed by atoms with Crippen LogP contribution in [0.1, 0.15) is 24.2 Å². The molecule has 0 spiro atoms. The molecule has 1 saturated heterocycles. The van der Waals surface area contributed by atoms with Gasteiger partial charge in [-0.25, -0.2) is 4.79 Å². The summed E-state index contributed by atoms with van der Waals surface area (Å²) >= 11 is 0. The van der Waals surface area contributed by atoms with Gasteiger partial charge in [0.1, 0.15) is 30.3 Å². The van der Waals surface area contributed by atoms with Gasteiger partial charge in [0.2, 0.25) is 0 Å². The van der Waals surface area contributed by atoms with E-state index in [0.29, 0.717) is 25.4 Å². The maximum atomic E-state index is 12.5. The summed E-state index contributed by atoms with van der Waals surface area (Å²) in [7, 11) is 0. The van der Waals surface area contributed by atoms with Crippen molar-refractivity contribution in [3.63, 3.8) is 0 Å². The van der Waals surface area contributed by atoms with Crippen molar-refractivity contribution in [2.45, 2.75) is 26.1 Å². The molecule has 0 unspecified atom stereocenters. The van der Waals surface area contributed by atoms with E-state index in [4.69, 9.17) is 18.9 Å². The van der Waals surface area contributed by atoms with Crippen molar-refractivity contribution < 1.29 is 28.5 Å². The number of esters is 1. The van der Waals surface area contributed by atoms with Crippen molar-refractivity contribution in [3.8, 4) is 11.5 Å². The fourth-order valence-corrected chi connectivity index (χ4v) is 3.27. The zero-order chi connectivity index (χ0) is 21.3. The Hall–Kier alpha value is -3.06. The summed E-state index contributed by atoms with van der Waals surface area (Å²) in [6, 6.07) is 16.2. The first-order valence-corrected chi connectivity index (χ1v) is 10.0. The number of carbonyl (C=O) groups excluding carboxylic acids is 2. The molecular weight excluding hydrogens is 386 g/mol. The number of ether oxygens (including phenoxy) is 4. The average molecular weight is 413 g/mol. The molecule has 0 N–H and O–H groups in total. The van der Waals surface area contributed by atoms with Crippen LogP contribution in [-0.2, 0) is 14.3 Å². The molecule has 0 bridgehead atoms. The number of para-hydroxylation sites is 2. The third-order valence-electron chi connectivity index (χ3n) is 4.56. The number of hydrogen-bond acceptors (Lipinski definition) is 6. The second kappa shape index (κ2) is 10.6. The van der Waals surface area contributed by atoms with E-state index < -0.39 is 5.97 Å². The molecule has 3 rings (SSSR count). The lowest BCUT2D eigenvalue weighted by Crippen LogP contribution is -2.49. The van der Waals surface area contributed by atoms with E-state index in [2.05, 4.69) is 0 Å². The van der Waals surface area contributed by atoms with Crippen molar-refractivity contribution in [1.82, 2.24) is 4.90 Å². The summed E-state index contributed by atoms with van der Waals surface area (Å²) in [5, 5.41) is 0. The van der Waals surface area contributed by atoms with Gasteiger partial charge in [-0.15, -0.1) is 0 Å². The number of amides is 1. The zero-order valence-corrected chi connectivity index (χ0v) is 17.3. The Morgan fingerprint density at radius 3 is 2.30 bits per heavy atom. The molecule has 7 heteroatoms. The minimum absolute atomic E-state index is 0.0411. The van der Waals surface area contributed by atoms with Crippen molar-refractivity contribution in [2.24, 2.45) is 0 Å². The van der Waals surface area contributed by atoms with Crippen LogP contribution in [0, 0.1) is 0 Å². The van der Waals surface area contributed by atoms with Crippen LogP contribution < -0.4 is 9.47 Å². The Morgan fingerprint density at radius 2 is 1.57 bits per heavy atom. The molecule has 0 aliphatic carbocycles. The number of morpholine rings is 1. The van der Waals surface area contributed by atoms with Gasteiger partial charge in [0.05, 0.1) is 12.2 Å². The predicted octanol–water partition coefficient (Wildman–Crippen LogP) is 2.94. The highest BCUT2D eigenvalue weighted by Crippen LogP contribution is 2.19. The summed E-state index contributed by atoms with van der Waals surface area (Å²) in [5.41, 5.74) is 0.272. The number of rotatable bonds is 8. The van der Waals surface area contributed by atoms with E-state index in [1.807, 2.05) is 44.2 Å². The van der Waals surface area contributed by atoms with Gasteiger partial charge in [-0.2, -0.15) is 0 Å². The van der Waals surface area contributed by atoms with Crippen molar-refractivity contribution in [2.75, 3.05) is 32.9 Å². The SMILES string of the molecule is C[C@@H]1CN(C(=O)COC(=O)c2ccccc2OCCOc2ccccc2)C[C@H](C)O1. The predicted molar refractivity (Wildman–Crippen MR) is 111 cm³/mol. The lowest BCUT2D eigenvalue weighted by atomic mass is 10.2. The molecule has 2 aromatic carbocycles. The molecule has 1 aliphatic rings. The third-order valence-corrected chi connectivity index (χ3v) is 4.56. The first-order valence-electron chi connectivity index (χ1n) is 10.0. The highest BCUT2D eigenvalue weighted by molar-refractivity contribution is 5.94. The van der Waals surface area contributed by atoms with Gasteiger partial charge in [0.25, 0.3) is 5.91 Å².